The van der Waals surface area contributed by atoms with E-state index in [1.54, 1.807) is 0 Å². The van der Waals surface area contributed by atoms with Crippen molar-refractivity contribution in [2.75, 3.05) is 0 Å². The molecule has 1 rings (SSSR count). The van der Waals surface area contributed by atoms with E-state index >= 15 is 0 Å². The maximum absolute atomic E-state index is 8.39. The zero-order valence-electron chi connectivity index (χ0n) is 4.78. The average Bonchev–Trinajstić information content (AvgIpc) is 2.14. The third-order valence-corrected chi connectivity index (χ3v) is 1.47. The molecule has 0 amide bonds. The minimum atomic E-state index is 0.907. The summed E-state index contributed by atoms with van der Waals surface area (Å²) in [5.41, 5.74) is 1.96. The Hall–Kier alpha value is -0.810. The third kappa shape index (κ3) is 0.728. The first-order valence-corrected chi connectivity index (χ1v) is 2.78. The molecule has 1 nitrogen and oxygen atoms in total. The molecule has 0 unspecified atom stereocenters. The lowest BCUT2D eigenvalue weighted by molar-refractivity contribution is 0.935. The second-order valence-electron chi connectivity index (χ2n) is 2.05. The maximum Gasteiger partial charge on any atom is 0.0181 e. The maximum atomic E-state index is 8.39. The molecule has 0 aromatic heterocycles. The van der Waals surface area contributed by atoms with E-state index in [9.17, 15) is 0 Å². The smallest absolute Gasteiger partial charge is 0.0181 e. The lowest BCUT2D eigenvalue weighted by Gasteiger charge is -1.86. The summed E-state index contributed by atoms with van der Waals surface area (Å²) in [6.07, 6.45) is 3.11. The molecular weight excluding hydrogens is 98.1 g/mol. The summed E-state index contributed by atoms with van der Waals surface area (Å²) in [6, 6.07) is 0. The van der Waals surface area contributed by atoms with Gasteiger partial charge in [-0.1, -0.05) is 12.0 Å². The lowest BCUT2D eigenvalue weighted by Crippen LogP contribution is -1.75. The van der Waals surface area contributed by atoms with Gasteiger partial charge in [-0.3, -0.25) is 0 Å². The first kappa shape index (κ1) is 5.33. The van der Waals surface area contributed by atoms with Gasteiger partial charge < -0.3 is 0 Å². The molecule has 0 aromatic rings. The highest BCUT2D eigenvalue weighted by molar-refractivity contribution is 5.63. The van der Waals surface area contributed by atoms with Crippen molar-refractivity contribution in [2.45, 2.75) is 19.3 Å². The van der Waals surface area contributed by atoms with Crippen LogP contribution in [0.25, 0.3) is 0 Å². The Balaban J connectivity index is 2.84. The first-order valence-electron chi connectivity index (χ1n) is 2.78. The van der Waals surface area contributed by atoms with Crippen LogP contribution in [-0.2, 0) is 0 Å². The molecule has 0 heterocycles. The van der Waals surface area contributed by atoms with Gasteiger partial charge in [0, 0.05) is 11.4 Å². The van der Waals surface area contributed by atoms with Gasteiger partial charge in [0.1, 0.15) is 0 Å². The van der Waals surface area contributed by atoms with Crippen LogP contribution in [0.3, 0.4) is 0 Å². The predicted octanol–water partition coefficient (Wildman–Crippen LogP) is 1.12. The van der Waals surface area contributed by atoms with E-state index in [1.165, 1.54) is 0 Å². The summed E-state index contributed by atoms with van der Waals surface area (Å²) < 4.78 is 0. The Morgan fingerprint density at radius 1 is 1.50 bits per heavy atom. The van der Waals surface area contributed by atoms with E-state index in [2.05, 4.69) is 12.4 Å². The molecule has 0 saturated heterocycles. The molecule has 41 valence electrons. The van der Waals surface area contributed by atoms with Gasteiger partial charge in [-0.05, 0) is 24.8 Å². The minimum absolute atomic E-state index is 0.907. The Morgan fingerprint density at radius 2 is 2.25 bits per heavy atom. The molecule has 0 spiro atoms. The van der Waals surface area contributed by atoms with Crippen LogP contribution < -0.4 is 5.41 Å². The molecule has 0 bridgehead atoms. The van der Waals surface area contributed by atoms with Gasteiger partial charge in [0.15, 0.2) is 0 Å². The normalized spacial score (nSPS) is 19.0. The quantitative estimate of drug-likeness (QED) is 0.413. The number of nitrogens with zero attached hydrogens (tertiary/aromatic N) is 1. The van der Waals surface area contributed by atoms with Crippen LogP contribution in [0.15, 0.2) is 17.7 Å². The van der Waals surface area contributed by atoms with Gasteiger partial charge >= 0.3 is 0 Å². The molecule has 1 saturated carbocycles. The van der Waals surface area contributed by atoms with Gasteiger partial charge in [0.05, 0.1) is 0 Å². The highest BCUT2D eigenvalue weighted by atomic mass is 14.3. The number of allylic oxidation sites excluding steroid dienone is 2. The Bertz CT molecular complexity index is 161. The lowest BCUT2D eigenvalue weighted by atomic mass is 10.2. The molecule has 1 heteroatoms. The zero-order chi connectivity index (χ0) is 5.98. The van der Waals surface area contributed by atoms with E-state index in [1.807, 2.05) is 0 Å². The fourth-order valence-corrected chi connectivity index (χ4v) is 0.941. The van der Waals surface area contributed by atoms with Crippen LogP contribution in [0, 0.1) is 0 Å². The summed E-state index contributed by atoms with van der Waals surface area (Å²) in [5.74, 6) is 2.13. The van der Waals surface area contributed by atoms with Crippen molar-refractivity contribution in [2.24, 2.45) is 0 Å². The Labute approximate surface area is 49.2 Å². The molecule has 1 radical (unpaired) electrons. The van der Waals surface area contributed by atoms with Gasteiger partial charge in [-0.15, -0.1) is 0 Å². The molecule has 1 aliphatic rings. The van der Waals surface area contributed by atoms with E-state index in [-0.39, 0.29) is 0 Å². The number of rotatable bonds is 0. The monoisotopic (exact) mass is 106 g/mol. The average molecular weight is 106 g/mol. The molecule has 1 aliphatic carbocycles. The summed E-state index contributed by atoms with van der Waals surface area (Å²) >= 11 is 0. The second kappa shape index (κ2) is 1.97. The largest absolute Gasteiger partial charge is 0.0966 e. The SMILES string of the molecule is C=C1CCCC1=C=[N]. The summed E-state index contributed by atoms with van der Waals surface area (Å²) in [4.78, 5) is 0. The summed E-state index contributed by atoms with van der Waals surface area (Å²) in [6.45, 7) is 3.75. The molecule has 0 aromatic carbocycles. The van der Waals surface area contributed by atoms with Gasteiger partial charge in [-0.25, -0.2) is 0 Å². The standard InChI is InChI=1S/C7H8N/c1-6-3-2-4-7(6)5-8/h1-4H2. The van der Waals surface area contributed by atoms with Crippen molar-refractivity contribution in [3.8, 4) is 0 Å². The van der Waals surface area contributed by atoms with Gasteiger partial charge in [0.25, 0.3) is 0 Å². The summed E-state index contributed by atoms with van der Waals surface area (Å²) in [7, 11) is 0. The van der Waals surface area contributed by atoms with Crippen molar-refractivity contribution in [1.82, 2.24) is 5.41 Å². The Morgan fingerprint density at radius 3 is 2.50 bits per heavy atom. The topological polar surface area (TPSA) is 22.3 Å². The molecule has 0 aliphatic heterocycles. The van der Waals surface area contributed by atoms with E-state index in [0.29, 0.717) is 0 Å². The van der Waals surface area contributed by atoms with Crippen molar-refractivity contribution in [3.63, 3.8) is 0 Å². The summed E-state index contributed by atoms with van der Waals surface area (Å²) in [5, 5.41) is 8.39. The van der Waals surface area contributed by atoms with Crippen LogP contribution in [0.4, 0.5) is 0 Å². The van der Waals surface area contributed by atoms with Crippen molar-refractivity contribution >= 4 is 5.87 Å². The van der Waals surface area contributed by atoms with Gasteiger partial charge in [0.2, 0.25) is 0 Å². The molecule has 0 atom stereocenters. The van der Waals surface area contributed by atoms with Crippen molar-refractivity contribution in [1.29, 1.82) is 0 Å². The van der Waals surface area contributed by atoms with Crippen LogP contribution in [0.5, 0.6) is 0 Å². The van der Waals surface area contributed by atoms with E-state index in [4.69, 9.17) is 5.41 Å². The fourth-order valence-electron chi connectivity index (χ4n) is 0.941. The number of hydrogen-bond donors (Lipinski definition) is 0. The zero-order valence-corrected chi connectivity index (χ0v) is 4.78. The fraction of sp³-hybridized carbons (Fsp3) is 0.429. The predicted molar refractivity (Wildman–Crippen MR) is 33.6 cm³/mol. The van der Waals surface area contributed by atoms with Crippen molar-refractivity contribution < 1.29 is 0 Å². The Kier molecular flexibility index (Phi) is 1.32. The molecule has 8 heavy (non-hydrogen) atoms. The van der Waals surface area contributed by atoms with Crippen LogP contribution in [-0.4, -0.2) is 5.87 Å². The molecule has 1 fully saturated rings. The second-order valence-corrected chi connectivity index (χ2v) is 2.05. The van der Waals surface area contributed by atoms with Crippen LogP contribution in [0.2, 0.25) is 0 Å². The third-order valence-electron chi connectivity index (χ3n) is 1.47. The number of hydrogen-bond acceptors (Lipinski definition) is 0. The minimum Gasteiger partial charge on any atom is -0.0966 e. The van der Waals surface area contributed by atoms with Gasteiger partial charge in [-0.2, -0.15) is 0 Å². The molecular formula is C7H8N. The highest BCUT2D eigenvalue weighted by Gasteiger charge is 2.09. The van der Waals surface area contributed by atoms with Crippen LogP contribution in [0.1, 0.15) is 19.3 Å². The molecule has 0 N–H and O–H groups in total. The van der Waals surface area contributed by atoms with E-state index in [0.717, 1.165) is 30.4 Å². The van der Waals surface area contributed by atoms with Crippen LogP contribution >= 0.6 is 0 Å². The highest BCUT2D eigenvalue weighted by Crippen LogP contribution is 2.25. The van der Waals surface area contributed by atoms with E-state index < -0.39 is 0 Å². The van der Waals surface area contributed by atoms with Crippen molar-refractivity contribution in [3.05, 3.63) is 17.7 Å². The first-order chi connectivity index (χ1) is 3.84.